The number of carbonyl (C=O) groups excluding carboxylic acids is 1. The van der Waals surface area contributed by atoms with Gasteiger partial charge >= 0.3 is 0 Å². The highest BCUT2D eigenvalue weighted by molar-refractivity contribution is 5.76. The van der Waals surface area contributed by atoms with Gasteiger partial charge in [0.05, 0.1) is 6.54 Å². The van der Waals surface area contributed by atoms with Crippen LogP contribution in [0.4, 0.5) is 0 Å². The number of nitrogens with zero attached hydrogens (tertiary/aromatic N) is 3. The highest BCUT2D eigenvalue weighted by Gasteiger charge is 2.22. The Morgan fingerprint density at radius 1 is 1.47 bits per heavy atom. The van der Waals surface area contributed by atoms with Crippen LogP contribution >= 0.6 is 0 Å². The van der Waals surface area contributed by atoms with Crippen LogP contribution in [0, 0.1) is 11.8 Å². The minimum Gasteiger partial charge on any atom is -0.349 e. The molecule has 5 heteroatoms. The number of carbonyl (C=O) groups is 1. The van der Waals surface area contributed by atoms with E-state index in [1.165, 1.54) is 32.1 Å². The molecule has 1 atom stereocenters. The molecule has 1 amide bonds. The fourth-order valence-electron chi connectivity index (χ4n) is 2.88. The number of aryl methyl sites for hydroxylation is 1. The summed E-state index contributed by atoms with van der Waals surface area (Å²) in [4.78, 5) is 11.9. The Kier molecular flexibility index (Phi) is 4.93. The summed E-state index contributed by atoms with van der Waals surface area (Å²) in [6, 6.07) is 0. The van der Waals surface area contributed by atoms with Crippen molar-refractivity contribution in [1.29, 1.82) is 0 Å². The van der Waals surface area contributed by atoms with E-state index in [2.05, 4.69) is 22.4 Å². The van der Waals surface area contributed by atoms with Crippen molar-refractivity contribution >= 4 is 5.91 Å². The van der Waals surface area contributed by atoms with Gasteiger partial charge in [-0.05, 0) is 11.8 Å². The molecular formula is C14H24N4O. The zero-order chi connectivity index (χ0) is 13.7. The Morgan fingerprint density at radius 3 is 2.84 bits per heavy atom. The van der Waals surface area contributed by atoms with Gasteiger partial charge in [-0.3, -0.25) is 4.79 Å². The molecule has 1 aromatic rings. The molecule has 0 spiro atoms. The van der Waals surface area contributed by atoms with E-state index in [0.717, 1.165) is 11.7 Å². The Morgan fingerprint density at radius 2 is 2.21 bits per heavy atom. The first-order valence-electron chi connectivity index (χ1n) is 7.26. The van der Waals surface area contributed by atoms with Gasteiger partial charge in [0, 0.05) is 13.5 Å². The number of aromatic nitrogens is 3. The minimum atomic E-state index is 0.126. The third-order valence-corrected chi connectivity index (χ3v) is 4.21. The van der Waals surface area contributed by atoms with Crippen molar-refractivity contribution in [2.75, 3.05) is 0 Å². The van der Waals surface area contributed by atoms with Crippen molar-refractivity contribution in [3.63, 3.8) is 0 Å². The Bertz CT molecular complexity index is 409. The van der Waals surface area contributed by atoms with Crippen molar-refractivity contribution in [2.24, 2.45) is 18.9 Å². The van der Waals surface area contributed by atoms with Crippen molar-refractivity contribution < 1.29 is 4.79 Å². The maximum absolute atomic E-state index is 11.9. The molecule has 2 rings (SSSR count). The molecule has 0 radical (unpaired) electrons. The van der Waals surface area contributed by atoms with Crippen LogP contribution in [0.5, 0.6) is 0 Å². The molecule has 0 aliphatic heterocycles. The first kappa shape index (κ1) is 14.0. The molecule has 1 heterocycles. The maximum atomic E-state index is 11.9. The van der Waals surface area contributed by atoms with E-state index in [1.54, 1.807) is 6.33 Å². The number of hydrogen-bond acceptors (Lipinski definition) is 3. The molecule has 1 aromatic heterocycles. The summed E-state index contributed by atoms with van der Waals surface area (Å²) >= 11 is 0. The van der Waals surface area contributed by atoms with Gasteiger partial charge in [0.2, 0.25) is 5.91 Å². The topological polar surface area (TPSA) is 59.8 Å². The fourth-order valence-corrected chi connectivity index (χ4v) is 2.88. The largest absolute Gasteiger partial charge is 0.349 e. The van der Waals surface area contributed by atoms with Gasteiger partial charge in [-0.1, -0.05) is 39.0 Å². The predicted molar refractivity (Wildman–Crippen MR) is 73.2 cm³/mol. The second-order valence-corrected chi connectivity index (χ2v) is 5.71. The van der Waals surface area contributed by atoms with Crippen LogP contribution in [0.25, 0.3) is 0 Å². The molecule has 0 unspecified atom stereocenters. The maximum Gasteiger partial charge on any atom is 0.220 e. The standard InChI is InChI=1S/C14H24N4O/c1-11(12-6-4-3-5-7-12)8-14(19)15-9-13-17-16-10-18(13)2/h10-12H,3-9H2,1-2H3,(H,15,19)/t11-/m0/s1. The lowest BCUT2D eigenvalue weighted by Crippen LogP contribution is -2.28. The number of nitrogens with one attached hydrogen (secondary N) is 1. The Hall–Kier alpha value is -1.39. The highest BCUT2D eigenvalue weighted by Crippen LogP contribution is 2.31. The third kappa shape index (κ3) is 4.04. The fraction of sp³-hybridized carbons (Fsp3) is 0.786. The zero-order valence-electron chi connectivity index (χ0n) is 11.9. The lowest BCUT2D eigenvalue weighted by atomic mass is 9.79. The van der Waals surface area contributed by atoms with E-state index in [4.69, 9.17) is 0 Å². The van der Waals surface area contributed by atoms with E-state index >= 15 is 0 Å². The van der Waals surface area contributed by atoms with E-state index in [1.807, 2.05) is 11.6 Å². The van der Waals surface area contributed by atoms with Crippen LogP contribution in [-0.2, 0) is 18.4 Å². The summed E-state index contributed by atoms with van der Waals surface area (Å²) in [5, 5.41) is 10.7. The molecule has 0 saturated heterocycles. The van der Waals surface area contributed by atoms with E-state index < -0.39 is 0 Å². The molecule has 5 nitrogen and oxygen atoms in total. The van der Waals surface area contributed by atoms with Gasteiger partial charge in [-0.25, -0.2) is 0 Å². The summed E-state index contributed by atoms with van der Waals surface area (Å²) in [5.74, 6) is 2.13. The molecule has 106 valence electrons. The van der Waals surface area contributed by atoms with Gasteiger partial charge in [-0.15, -0.1) is 10.2 Å². The molecule has 19 heavy (non-hydrogen) atoms. The predicted octanol–water partition coefficient (Wildman–Crippen LogP) is 2.04. The van der Waals surface area contributed by atoms with Gasteiger partial charge < -0.3 is 9.88 Å². The van der Waals surface area contributed by atoms with E-state index in [-0.39, 0.29) is 5.91 Å². The van der Waals surface area contributed by atoms with Gasteiger partial charge in [-0.2, -0.15) is 0 Å². The smallest absolute Gasteiger partial charge is 0.220 e. The van der Waals surface area contributed by atoms with Gasteiger partial charge in [0.15, 0.2) is 5.82 Å². The molecule has 0 bridgehead atoms. The van der Waals surface area contributed by atoms with Crippen LogP contribution in [0.1, 0.15) is 51.3 Å². The van der Waals surface area contributed by atoms with Crippen LogP contribution in [0.15, 0.2) is 6.33 Å². The number of amides is 1. The van der Waals surface area contributed by atoms with Crippen LogP contribution in [-0.4, -0.2) is 20.7 Å². The van der Waals surface area contributed by atoms with Gasteiger partial charge in [0.25, 0.3) is 0 Å². The first-order valence-corrected chi connectivity index (χ1v) is 7.26. The third-order valence-electron chi connectivity index (χ3n) is 4.21. The molecule has 1 aliphatic rings. The van der Waals surface area contributed by atoms with Crippen LogP contribution in [0.2, 0.25) is 0 Å². The summed E-state index contributed by atoms with van der Waals surface area (Å²) in [7, 11) is 1.88. The molecule has 1 aliphatic carbocycles. The SMILES string of the molecule is C[C@@H](CC(=O)NCc1nncn1C)C1CCCCC1. The second kappa shape index (κ2) is 6.68. The number of rotatable bonds is 5. The molecule has 1 saturated carbocycles. The van der Waals surface area contributed by atoms with E-state index in [9.17, 15) is 4.79 Å². The molecule has 1 N–H and O–H groups in total. The van der Waals surface area contributed by atoms with Crippen molar-refractivity contribution in [3.8, 4) is 0 Å². The van der Waals surface area contributed by atoms with Crippen molar-refractivity contribution in [3.05, 3.63) is 12.2 Å². The Balaban J connectivity index is 1.73. The van der Waals surface area contributed by atoms with Crippen molar-refractivity contribution in [1.82, 2.24) is 20.1 Å². The van der Waals surface area contributed by atoms with Gasteiger partial charge in [0.1, 0.15) is 6.33 Å². The average Bonchev–Trinajstić information content (AvgIpc) is 2.83. The summed E-state index contributed by atoms with van der Waals surface area (Å²) in [5.41, 5.74) is 0. The lowest BCUT2D eigenvalue weighted by molar-refractivity contribution is -0.122. The summed E-state index contributed by atoms with van der Waals surface area (Å²) in [6.07, 6.45) is 8.87. The van der Waals surface area contributed by atoms with Crippen molar-refractivity contribution in [2.45, 2.75) is 52.0 Å². The molecular weight excluding hydrogens is 240 g/mol. The van der Waals surface area contributed by atoms with Crippen LogP contribution in [0.3, 0.4) is 0 Å². The minimum absolute atomic E-state index is 0.126. The zero-order valence-corrected chi connectivity index (χ0v) is 11.9. The number of hydrogen-bond donors (Lipinski definition) is 1. The quantitative estimate of drug-likeness (QED) is 0.885. The van der Waals surface area contributed by atoms with E-state index in [0.29, 0.717) is 18.9 Å². The highest BCUT2D eigenvalue weighted by atomic mass is 16.1. The second-order valence-electron chi connectivity index (χ2n) is 5.71. The average molecular weight is 264 g/mol. The molecule has 1 fully saturated rings. The summed E-state index contributed by atoms with van der Waals surface area (Å²) < 4.78 is 1.82. The Labute approximate surface area is 114 Å². The summed E-state index contributed by atoms with van der Waals surface area (Å²) in [6.45, 7) is 2.67. The lowest BCUT2D eigenvalue weighted by Gasteiger charge is -2.27. The monoisotopic (exact) mass is 264 g/mol. The first-order chi connectivity index (χ1) is 9.16. The molecule has 0 aromatic carbocycles. The normalized spacial score (nSPS) is 18.2. The van der Waals surface area contributed by atoms with Crippen LogP contribution < -0.4 is 5.32 Å².